The van der Waals surface area contributed by atoms with Crippen LogP contribution in [0.3, 0.4) is 0 Å². The average molecular weight is 286 g/mol. The van der Waals surface area contributed by atoms with Gasteiger partial charge in [-0.1, -0.05) is 50.1 Å². The summed E-state index contributed by atoms with van der Waals surface area (Å²) in [6.45, 7) is 5.92. The molecule has 1 saturated heterocycles. The third kappa shape index (κ3) is 4.82. The highest BCUT2D eigenvalue weighted by Gasteiger charge is 2.27. The van der Waals surface area contributed by atoms with E-state index in [0.717, 1.165) is 18.5 Å². The lowest BCUT2D eigenvalue weighted by Crippen LogP contribution is -2.48. The molecule has 2 aliphatic rings. The van der Waals surface area contributed by atoms with E-state index in [-0.39, 0.29) is 0 Å². The van der Waals surface area contributed by atoms with E-state index < -0.39 is 0 Å². The van der Waals surface area contributed by atoms with Crippen LogP contribution < -0.4 is 5.32 Å². The lowest BCUT2D eigenvalue weighted by atomic mass is 10.0. The number of nitrogens with zero attached hydrogens (tertiary/aromatic N) is 1. The number of piperidine rings is 1. The summed E-state index contributed by atoms with van der Waals surface area (Å²) in [5.41, 5.74) is 1.45. The maximum Gasteiger partial charge on any atom is 0.0234 e. The summed E-state index contributed by atoms with van der Waals surface area (Å²) in [5.74, 6) is 1.03. The molecule has 1 heterocycles. The number of hydrogen-bond acceptors (Lipinski definition) is 2. The maximum absolute atomic E-state index is 3.95. The zero-order valence-corrected chi connectivity index (χ0v) is 13.4. The summed E-state index contributed by atoms with van der Waals surface area (Å²) in [4.78, 5) is 2.63. The third-order valence-electron chi connectivity index (χ3n) is 5.03. The topological polar surface area (TPSA) is 15.3 Å². The van der Waals surface area contributed by atoms with E-state index >= 15 is 0 Å². The van der Waals surface area contributed by atoms with Crippen molar-refractivity contribution in [2.45, 2.75) is 64.1 Å². The third-order valence-corrected chi connectivity index (χ3v) is 5.03. The Labute approximate surface area is 129 Å². The van der Waals surface area contributed by atoms with E-state index in [2.05, 4.69) is 47.5 Å². The molecule has 1 aromatic rings. The first kappa shape index (κ1) is 15.1. The quantitative estimate of drug-likeness (QED) is 0.820. The molecule has 0 bridgehead atoms. The van der Waals surface area contributed by atoms with Crippen LogP contribution in [0.2, 0.25) is 0 Å². The van der Waals surface area contributed by atoms with Gasteiger partial charge in [0.05, 0.1) is 0 Å². The van der Waals surface area contributed by atoms with Crippen molar-refractivity contribution in [1.29, 1.82) is 0 Å². The van der Waals surface area contributed by atoms with Crippen molar-refractivity contribution in [1.82, 2.24) is 10.2 Å². The Morgan fingerprint density at radius 2 is 2.00 bits per heavy atom. The first-order chi connectivity index (χ1) is 10.3. The van der Waals surface area contributed by atoms with Crippen molar-refractivity contribution in [3.63, 3.8) is 0 Å². The first-order valence-electron chi connectivity index (χ1n) is 8.86. The molecule has 2 heteroatoms. The van der Waals surface area contributed by atoms with Crippen LogP contribution in [0.15, 0.2) is 30.3 Å². The lowest BCUT2D eigenvalue weighted by molar-refractivity contribution is 0.172. The van der Waals surface area contributed by atoms with Crippen LogP contribution >= 0.6 is 0 Å². The van der Waals surface area contributed by atoms with Crippen molar-refractivity contribution in [3.05, 3.63) is 35.9 Å². The van der Waals surface area contributed by atoms with Crippen LogP contribution in [0.1, 0.15) is 51.0 Å². The molecule has 116 valence electrons. The van der Waals surface area contributed by atoms with Gasteiger partial charge in [0.15, 0.2) is 0 Å². The number of likely N-dealkylation sites (tertiary alicyclic amines) is 1. The van der Waals surface area contributed by atoms with Crippen LogP contribution in [0.5, 0.6) is 0 Å². The van der Waals surface area contributed by atoms with Gasteiger partial charge in [-0.3, -0.25) is 4.90 Å². The minimum absolute atomic E-state index is 0.700. The highest BCUT2D eigenvalue weighted by Crippen LogP contribution is 2.34. The zero-order valence-electron chi connectivity index (χ0n) is 13.4. The minimum atomic E-state index is 0.700. The van der Waals surface area contributed by atoms with Crippen LogP contribution in [0.25, 0.3) is 0 Å². The summed E-state index contributed by atoms with van der Waals surface area (Å²) in [6.07, 6.45) is 8.33. The van der Waals surface area contributed by atoms with Gasteiger partial charge in [-0.15, -0.1) is 0 Å². The largest absolute Gasteiger partial charge is 0.310 e. The molecule has 21 heavy (non-hydrogen) atoms. The second-order valence-electron chi connectivity index (χ2n) is 7.01. The molecule has 2 nitrogen and oxygen atoms in total. The molecule has 2 atom stereocenters. The molecule has 0 spiro atoms. The average Bonchev–Trinajstić information content (AvgIpc) is 3.32. The normalized spacial score (nSPS) is 24.9. The molecule has 0 aromatic heterocycles. The molecule has 0 amide bonds. The van der Waals surface area contributed by atoms with Crippen LogP contribution in [0.4, 0.5) is 0 Å². The molecule has 2 unspecified atom stereocenters. The number of benzene rings is 1. The van der Waals surface area contributed by atoms with Crippen LogP contribution in [-0.4, -0.2) is 30.1 Å². The van der Waals surface area contributed by atoms with Crippen molar-refractivity contribution in [2.75, 3.05) is 13.1 Å². The highest BCUT2D eigenvalue weighted by molar-refractivity contribution is 5.14. The molecular weight excluding hydrogens is 256 g/mol. The standard InChI is InChI=1S/C19H30N2/c1-2-18(13-16-10-11-16)20-19-9-6-12-21(15-19)14-17-7-4-3-5-8-17/h3-5,7-8,16,18-20H,2,6,9-15H2,1H3. The number of hydrogen-bond donors (Lipinski definition) is 1. The maximum atomic E-state index is 3.95. The van der Waals surface area contributed by atoms with Crippen molar-refractivity contribution >= 4 is 0 Å². The monoisotopic (exact) mass is 286 g/mol. The summed E-state index contributed by atoms with van der Waals surface area (Å²) in [5, 5.41) is 3.95. The van der Waals surface area contributed by atoms with Gasteiger partial charge < -0.3 is 5.32 Å². The first-order valence-corrected chi connectivity index (χ1v) is 8.86. The molecule has 2 fully saturated rings. The molecule has 1 aromatic carbocycles. The van der Waals surface area contributed by atoms with E-state index in [4.69, 9.17) is 0 Å². The van der Waals surface area contributed by atoms with Crippen LogP contribution in [-0.2, 0) is 6.54 Å². The van der Waals surface area contributed by atoms with Gasteiger partial charge in [0.2, 0.25) is 0 Å². The fraction of sp³-hybridized carbons (Fsp3) is 0.684. The Morgan fingerprint density at radius 1 is 1.19 bits per heavy atom. The molecule has 3 rings (SSSR count). The Kier molecular flexibility index (Phi) is 5.32. The predicted octanol–water partition coefficient (Wildman–Crippen LogP) is 3.82. The predicted molar refractivity (Wildman–Crippen MR) is 89.3 cm³/mol. The molecule has 0 radical (unpaired) electrons. The van der Waals surface area contributed by atoms with E-state index in [1.165, 1.54) is 57.2 Å². The fourth-order valence-electron chi connectivity index (χ4n) is 3.62. The van der Waals surface area contributed by atoms with Crippen molar-refractivity contribution in [3.8, 4) is 0 Å². The highest BCUT2D eigenvalue weighted by atomic mass is 15.2. The van der Waals surface area contributed by atoms with Gasteiger partial charge >= 0.3 is 0 Å². The summed E-state index contributed by atoms with van der Waals surface area (Å²) in [6, 6.07) is 12.4. The summed E-state index contributed by atoms with van der Waals surface area (Å²) in [7, 11) is 0. The molecular formula is C19H30N2. The van der Waals surface area contributed by atoms with E-state index in [1.54, 1.807) is 0 Å². The molecule has 1 saturated carbocycles. The van der Waals surface area contributed by atoms with Crippen molar-refractivity contribution in [2.24, 2.45) is 5.92 Å². The van der Waals surface area contributed by atoms with Gasteiger partial charge in [-0.25, -0.2) is 0 Å². The molecule has 1 aliphatic heterocycles. The Bertz CT molecular complexity index is 413. The van der Waals surface area contributed by atoms with Gasteiger partial charge in [0.25, 0.3) is 0 Å². The molecule has 1 N–H and O–H groups in total. The number of rotatable bonds is 7. The summed E-state index contributed by atoms with van der Waals surface area (Å²) >= 11 is 0. The van der Waals surface area contributed by atoms with Crippen LogP contribution in [0, 0.1) is 5.92 Å². The van der Waals surface area contributed by atoms with E-state index in [0.29, 0.717) is 6.04 Å². The second-order valence-corrected chi connectivity index (χ2v) is 7.01. The smallest absolute Gasteiger partial charge is 0.0234 e. The zero-order chi connectivity index (χ0) is 14.5. The van der Waals surface area contributed by atoms with Gasteiger partial charge in [-0.05, 0) is 43.7 Å². The minimum Gasteiger partial charge on any atom is -0.310 e. The van der Waals surface area contributed by atoms with E-state index in [9.17, 15) is 0 Å². The van der Waals surface area contributed by atoms with E-state index in [1.807, 2.05) is 0 Å². The Balaban J connectivity index is 1.48. The Hall–Kier alpha value is -0.860. The van der Waals surface area contributed by atoms with Gasteiger partial charge in [0.1, 0.15) is 0 Å². The Morgan fingerprint density at radius 3 is 2.71 bits per heavy atom. The second kappa shape index (κ2) is 7.42. The van der Waals surface area contributed by atoms with Gasteiger partial charge in [-0.2, -0.15) is 0 Å². The molecule has 1 aliphatic carbocycles. The van der Waals surface area contributed by atoms with Crippen molar-refractivity contribution < 1.29 is 0 Å². The summed E-state index contributed by atoms with van der Waals surface area (Å²) < 4.78 is 0. The fourth-order valence-corrected chi connectivity index (χ4v) is 3.62. The van der Waals surface area contributed by atoms with Gasteiger partial charge in [0, 0.05) is 25.2 Å². The lowest BCUT2D eigenvalue weighted by Gasteiger charge is -2.35. The SMILES string of the molecule is CCC(CC1CC1)NC1CCCN(Cc2ccccc2)C1. The number of nitrogens with one attached hydrogen (secondary N) is 1.